The summed E-state index contributed by atoms with van der Waals surface area (Å²) >= 11 is 0. The largest absolute Gasteiger partial charge is 0.497 e. The highest BCUT2D eigenvalue weighted by atomic mass is 16.5. The van der Waals surface area contributed by atoms with Crippen molar-refractivity contribution in [3.8, 4) is 5.75 Å². The summed E-state index contributed by atoms with van der Waals surface area (Å²) in [4.78, 5) is 31.2. The average Bonchev–Trinajstić information content (AvgIpc) is 3.37. The molecule has 1 saturated carbocycles. The topological polar surface area (TPSA) is 74.7 Å². The molecule has 2 fully saturated rings. The fourth-order valence-electron chi connectivity index (χ4n) is 5.14. The van der Waals surface area contributed by atoms with Gasteiger partial charge in [0.15, 0.2) is 0 Å². The molecule has 0 radical (unpaired) electrons. The molecule has 0 N–H and O–H groups in total. The molecule has 5 rings (SSSR count). The summed E-state index contributed by atoms with van der Waals surface area (Å²) in [6.45, 7) is 4.48. The number of rotatable bonds is 9. The number of nitrogens with zero attached hydrogens (tertiary/aromatic N) is 4. The normalized spacial score (nSPS) is 20.3. The predicted octanol–water partition coefficient (Wildman–Crippen LogP) is 3.33. The number of ether oxygens (including phenoxy) is 2. The number of hydrogen-bond acceptors (Lipinski definition) is 6. The summed E-state index contributed by atoms with van der Waals surface area (Å²) < 4.78 is 10.8. The Kier molecular flexibility index (Phi) is 8.16. The monoisotopic (exact) mass is 504 g/mol. The van der Waals surface area contributed by atoms with Crippen molar-refractivity contribution in [2.24, 2.45) is 11.0 Å². The predicted molar refractivity (Wildman–Crippen MR) is 141 cm³/mol. The summed E-state index contributed by atoms with van der Waals surface area (Å²) in [6, 6.07) is 17.6. The van der Waals surface area contributed by atoms with Crippen LogP contribution in [0.4, 0.5) is 0 Å². The first kappa shape index (κ1) is 25.4. The molecule has 0 unspecified atom stereocenters. The molecule has 8 nitrogen and oxygen atoms in total. The first-order valence-corrected chi connectivity index (χ1v) is 13.3. The fraction of sp³-hybridized carbons (Fsp3) is 0.483. The van der Waals surface area contributed by atoms with Gasteiger partial charge in [0.2, 0.25) is 5.91 Å². The summed E-state index contributed by atoms with van der Waals surface area (Å²) in [6.07, 6.45) is 3.53. The van der Waals surface area contributed by atoms with Crippen molar-refractivity contribution in [1.29, 1.82) is 0 Å². The standard InChI is InChI=1S/C29H36N4O4/c1-36-25-12-10-22(11-13-25)26-20-27(23-6-3-2-4-7-23)33(30-26)28(34)21-32(29(35)24-8-5-9-24)15-14-31-16-18-37-19-17-31/h2-4,6-7,10-13,24,27H,5,8-9,14-21H2,1H3/t27-/m1/s1. The van der Waals surface area contributed by atoms with E-state index in [-0.39, 0.29) is 30.3 Å². The molecule has 2 amide bonds. The Labute approximate surface area is 218 Å². The van der Waals surface area contributed by atoms with Crippen LogP contribution in [-0.4, -0.2) is 85.4 Å². The van der Waals surface area contributed by atoms with E-state index in [9.17, 15) is 9.59 Å². The van der Waals surface area contributed by atoms with E-state index in [4.69, 9.17) is 14.6 Å². The van der Waals surface area contributed by atoms with Crippen LogP contribution in [0.15, 0.2) is 59.7 Å². The van der Waals surface area contributed by atoms with E-state index in [1.165, 1.54) is 0 Å². The second-order valence-corrected chi connectivity index (χ2v) is 9.99. The number of amides is 2. The molecule has 196 valence electrons. The molecule has 37 heavy (non-hydrogen) atoms. The van der Waals surface area contributed by atoms with Crippen LogP contribution < -0.4 is 4.74 Å². The van der Waals surface area contributed by atoms with Crippen molar-refractivity contribution in [1.82, 2.24) is 14.8 Å². The van der Waals surface area contributed by atoms with Gasteiger partial charge in [-0.15, -0.1) is 0 Å². The molecule has 1 aliphatic carbocycles. The smallest absolute Gasteiger partial charge is 0.262 e. The van der Waals surface area contributed by atoms with Crippen LogP contribution in [-0.2, 0) is 14.3 Å². The summed E-state index contributed by atoms with van der Waals surface area (Å²) in [5, 5.41) is 6.41. The molecule has 1 saturated heterocycles. The molecule has 2 aliphatic heterocycles. The molecule has 0 aromatic heterocycles. The molecule has 3 aliphatic rings. The van der Waals surface area contributed by atoms with E-state index >= 15 is 0 Å². The zero-order chi connectivity index (χ0) is 25.6. The number of methoxy groups -OCH3 is 1. The van der Waals surface area contributed by atoms with Crippen molar-refractivity contribution >= 4 is 17.5 Å². The number of hydrogen-bond donors (Lipinski definition) is 0. The third-order valence-corrected chi connectivity index (χ3v) is 7.66. The molecule has 2 aromatic carbocycles. The van der Waals surface area contributed by atoms with Gasteiger partial charge < -0.3 is 14.4 Å². The van der Waals surface area contributed by atoms with Gasteiger partial charge >= 0.3 is 0 Å². The number of carbonyl (C=O) groups excluding carboxylic acids is 2. The summed E-state index contributed by atoms with van der Waals surface area (Å²) in [7, 11) is 1.64. The van der Waals surface area contributed by atoms with Gasteiger partial charge in [0, 0.05) is 38.5 Å². The van der Waals surface area contributed by atoms with E-state index in [0.717, 1.165) is 61.5 Å². The van der Waals surface area contributed by atoms with E-state index in [1.807, 2.05) is 54.6 Å². The van der Waals surface area contributed by atoms with Gasteiger partial charge in [-0.3, -0.25) is 14.5 Å². The van der Waals surface area contributed by atoms with Gasteiger partial charge in [-0.05, 0) is 48.2 Å². The minimum absolute atomic E-state index is 0.0411. The third-order valence-electron chi connectivity index (χ3n) is 7.66. The molecule has 8 heteroatoms. The first-order chi connectivity index (χ1) is 18.1. The molecular formula is C29H36N4O4. The van der Waals surface area contributed by atoms with Gasteiger partial charge in [0.1, 0.15) is 12.3 Å². The Morgan fingerprint density at radius 3 is 2.43 bits per heavy atom. The van der Waals surface area contributed by atoms with E-state index in [1.54, 1.807) is 17.0 Å². The summed E-state index contributed by atoms with van der Waals surface area (Å²) in [5.74, 6) is 0.773. The van der Waals surface area contributed by atoms with E-state index in [2.05, 4.69) is 4.90 Å². The van der Waals surface area contributed by atoms with E-state index in [0.29, 0.717) is 26.2 Å². The zero-order valence-electron chi connectivity index (χ0n) is 21.6. The van der Waals surface area contributed by atoms with Crippen LogP contribution in [0.3, 0.4) is 0 Å². The maximum atomic E-state index is 13.8. The lowest BCUT2D eigenvalue weighted by molar-refractivity contribution is -0.145. The van der Waals surface area contributed by atoms with Gasteiger partial charge in [-0.1, -0.05) is 36.8 Å². The minimum Gasteiger partial charge on any atom is -0.497 e. The zero-order valence-corrected chi connectivity index (χ0v) is 21.6. The average molecular weight is 505 g/mol. The second kappa shape index (κ2) is 11.9. The quantitative estimate of drug-likeness (QED) is 0.524. The fourth-order valence-corrected chi connectivity index (χ4v) is 5.14. The Morgan fingerprint density at radius 1 is 1.05 bits per heavy atom. The van der Waals surface area contributed by atoms with Crippen LogP contribution in [0.25, 0.3) is 0 Å². The van der Waals surface area contributed by atoms with Crippen LogP contribution in [0.1, 0.15) is 42.9 Å². The molecule has 1 atom stereocenters. The highest BCUT2D eigenvalue weighted by Crippen LogP contribution is 2.34. The van der Waals surface area contributed by atoms with Crippen molar-refractivity contribution in [2.75, 3.05) is 53.0 Å². The van der Waals surface area contributed by atoms with Gasteiger partial charge in [-0.25, -0.2) is 5.01 Å². The van der Waals surface area contributed by atoms with Crippen molar-refractivity contribution < 1.29 is 19.1 Å². The van der Waals surface area contributed by atoms with Crippen molar-refractivity contribution in [2.45, 2.75) is 31.7 Å². The molecular weight excluding hydrogens is 468 g/mol. The van der Waals surface area contributed by atoms with Gasteiger partial charge in [0.05, 0.1) is 32.1 Å². The number of carbonyl (C=O) groups is 2. The Hall–Kier alpha value is -3.23. The van der Waals surface area contributed by atoms with Crippen LogP contribution in [0.2, 0.25) is 0 Å². The van der Waals surface area contributed by atoms with Crippen LogP contribution >= 0.6 is 0 Å². The lowest BCUT2D eigenvalue weighted by Gasteiger charge is -2.34. The lowest BCUT2D eigenvalue weighted by atomic mass is 9.84. The molecule has 0 spiro atoms. The maximum absolute atomic E-state index is 13.8. The van der Waals surface area contributed by atoms with Gasteiger partial charge in [-0.2, -0.15) is 5.10 Å². The SMILES string of the molecule is COc1ccc(C2=NN(C(=O)CN(CCN3CCOCC3)C(=O)C3CCC3)[C@@H](c3ccccc3)C2)cc1. The highest BCUT2D eigenvalue weighted by Gasteiger charge is 2.36. The summed E-state index contributed by atoms with van der Waals surface area (Å²) in [5.41, 5.74) is 2.86. The maximum Gasteiger partial charge on any atom is 0.262 e. The first-order valence-electron chi connectivity index (χ1n) is 13.3. The highest BCUT2D eigenvalue weighted by molar-refractivity contribution is 6.03. The van der Waals surface area contributed by atoms with Crippen LogP contribution in [0, 0.1) is 5.92 Å². The van der Waals surface area contributed by atoms with Crippen molar-refractivity contribution in [3.63, 3.8) is 0 Å². The van der Waals surface area contributed by atoms with Crippen molar-refractivity contribution in [3.05, 3.63) is 65.7 Å². The second-order valence-electron chi connectivity index (χ2n) is 9.99. The molecule has 2 heterocycles. The number of morpholine rings is 1. The number of benzene rings is 2. The minimum atomic E-state index is -0.203. The Morgan fingerprint density at radius 2 is 1.78 bits per heavy atom. The molecule has 0 bridgehead atoms. The lowest BCUT2D eigenvalue weighted by Crippen LogP contribution is -2.49. The van der Waals surface area contributed by atoms with Crippen LogP contribution in [0.5, 0.6) is 5.75 Å². The Balaban J connectivity index is 1.35. The Bertz CT molecular complexity index is 1090. The third kappa shape index (κ3) is 6.02. The molecule has 2 aromatic rings. The van der Waals surface area contributed by atoms with E-state index < -0.39 is 0 Å². The van der Waals surface area contributed by atoms with Gasteiger partial charge in [0.25, 0.3) is 5.91 Å². The number of hydrazone groups is 1.